The summed E-state index contributed by atoms with van der Waals surface area (Å²) >= 11 is 3.61. The van der Waals surface area contributed by atoms with Gasteiger partial charge in [0, 0.05) is 16.7 Å². The number of halogens is 1. The van der Waals surface area contributed by atoms with Crippen LogP contribution < -0.4 is 20.1 Å². The summed E-state index contributed by atoms with van der Waals surface area (Å²) in [7, 11) is 1.60. The molecule has 0 saturated heterocycles. The van der Waals surface area contributed by atoms with Crippen LogP contribution in [0.25, 0.3) is 0 Å². The maximum atomic E-state index is 12.2. The van der Waals surface area contributed by atoms with Crippen molar-refractivity contribution in [1.82, 2.24) is 10.2 Å². The Labute approximate surface area is 194 Å². The second-order valence-corrected chi connectivity index (χ2v) is 8.21. The second kappa shape index (κ2) is 13.3. The highest BCUT2D eigenvalue weighted by Crippen LogP contribution is 2.33. The molecule has 0 atom stereocenters. The Morgan fingerprint density at radius 2 is 1.81 bits per heavy atom. The lowest BCUT2D eigenvalue weighted by Crippen LogP contribution is -2.27. The van der Waals surface area contributed by atoms with E-state index in [-0.39, 0.29) is 12.5 Å². The predicted octanol–water partition coefficient (Wildman–Crippen LogP) is 4.61. The molecule has 170 valence electrons. The molecule has 0 spiro atoms. The number of hydrogen-bond acceptors (Lipinski definition) is 5. The van der Waals surface area contributed by atoms with Crippen molar-refractivity contribution in [2.45, 2.75) is 33.7 Å². The second-order valence-electron chi connectivity index (χ2n) is 7.35. The number of carbonyl (C=O) groups is 1. The topological polar surface area (TPSA) is 62.8 Å². The van der Waals surface area contributed by atoms with Gasteiger partial charge in [-0.2, -0.15) is 0 Å². The smallest absolute Gasteiger partial charge is 0.262 e. The minimum Gasteiger partial charge on any atom is -0.493 e. The Kier molecular flexibility index (Phi) is 10.8. The molecule has 2 aromatic carbocycles. The van der Waals surface area contributed by atoms with E-state index in [9.17, 15) is 4.79 Å². The molecule has 31 heavy (non-hydrogen) atoms. The summed E-state index contributed by atoms with van der Waals surface area (Å²) in [6.07, 6.45) is 1.10. The van der Waals surface area contributed by atoms with Crippen LogP contribution in [0, 0.1) is 6.92 Å². The van der Waals surface area contributed by atoms with Crippen molar-refractivity contribution in [3.63, 3.8) is 0 Å². The number of carbonyl (C=O) groups excluding carboxylic acids is 1. The number of benzene rings is 2. The van der Waals surface area contributed by atoms with E-state index in [1.54, 1.807) is 7.11 Å². The highest BCUT2D eigenvalue weighted by atomic mass is 79.9. The minimum absolute atomic E-state index is 0.0976. The Morgan fingerprint density at radius 3 is 2.45 bits per heavy atom. The maximum absolute atomic E-state index is 12.2. The van der Waals surface area contributed by atoms with Crippen LogP contribution in [0.1, 0.15) is 31.4 Å². The van der Waals surface area contributed by atoms with Gasteiger partial charge in [0.05, 0.1) is 7.11 Å². The molecule has 0 aromatic heterocycles. The molecule has 0 saturated carbocycles. The monoisotopic (exact) mass is 491 g/mol. The summed E-state index contributed by atoms with van der Waals surface area (Å²) in [5, 5.41) is 6.31. The number of ether oxygens (including phenoxy) is 2. The van der Waals surface area contributed by atoms with E-state index in [1.165, 1.54) is 0 Å². The van der Waals surface area contributed by atoms with Crippen LogP contribution in [0.5, 0.6) is 11.5 Å². The van der Waals surface area contributed by atoms with Gasteiger partial charge in [0.15, 0.2) is 18.1 Å². The Bertz CT molecular complexity index is 824. The van der Waals surface area contributed by atoms with Crippen molar-refractivity contribution < 1.29 is 14.3 Å². The molecule has 2 N–H and O–H groups in total. The molecule has 7 heteroatoms. The largest absolute Gasteiger partial charge is 0.493 e. The summed E-state index contributed by atoms with van der Waals surface area (Å²) in [6, 6.07) is 11.4. The molecule has 0 aliphatic carbocycles. The first-order chi connectivity index (χ1) is 15.0. The summed E-state index contributed by atoms with van der Waals surface area (Å²) in [4.78, 5) is 14.6. The first kappa shape index (κ1) is 25.2. The number of nitrogens with one attached hydrogen (secondary N) is 2. The van der Waals surface area contributed by atoms with Crippen LogP contribution in [0.3, 0.4) is 0 Å². The van der Waals surface area contributed by atoms with E-state index in [4.69, 9.17) is 9.47 Å². The van der Waals surface area contributed by atoms with E-state index in [0.717, 1.165) is 60.4 Å². The number of hydrogen-bond donors (Lipinski definition) is 2. The third-order valence-electron chi connectivity index (χ3n) is 5.06. The van der Waals surface area contributed by atoms with Crippen molar-refractivity contribution in [2.75, 3.05) is 45.2 Å². The third kappa shape index (κ3) is 8.51. The van der Waals surface area contributed by atoms with Gasteiger partial charge in [0.25, 0.3) is 5.91 Å². The highest BCUT2D eigenvalue weighted by Gasteiger charge is 2.12. The van der Waals surface area contributed by atoms with Crippen LogP contribution in [-0.2, 0) is 11.3 Å². The fourth-order valence-corrected chi connectivity index (χ4v) is 3.62. The zero-order valence-corrected chi connectivity index (χ0v) is 20.5. The van der Waals surface area contributed by atoms with Crippen LogP contribution >= 0.6 is 15.9 Å². The average Bonchev–Trinajstić information content (AvgIpc) is 2.77. The lowest BCUT2D eigenvalue weighted by Gasteiger charge is -2.18. The van der Waals surface area contributed by atoms with Crippen molar-refractivity contribution in [2.24, 2.45) is 0 Å². The molecule has 0 fully saturated rings. The number of rotatable bonds is 13. The van der Waals surface area contributed by atoms with Gasteiger partial charge in [-0.1, -0.05) is 47.5 Å². The molecule has 2 rings (SSSR count). The molecule has 0 heterocycles. The molecule has 0 radical (unpaired) electrons. The van der Waals surface area contributed by atoms with E-state index < -0.39 is 0 Å². The van der Waals surface area contributed by atoms with Crippen molar-refractivity contribution in [3.05, 3.63) is 52.0 Å². The summed E-state index contributed by atoms with van der Waals surface area (Å²) < 4.78 is 12.1. The molecular formula is C24H34BrN3O3. The molecule has 0 aliphatic heterocycles. The predicted molar refractivity (Wildman–Crippen MR) is 130 cm³/mol. The van der Waals surface area contributed by atoms with Gasteiger partial charge < -0.3 is 25.0 Å². The molecule has 0 bridgehead atoms. The van der Waals surface area contributed by atoms with Crippen molar-refractivity contribution in [1.29, 1.82) is 0 Å². The number of amides is 1. The standard InChI is InChI=1S/C24H34BrN3O3/c1-5-28(6-2)13-7-12-26-16-19-14-22(30-4)23(15-21(19)25)31-17-24(29)27-20-10-8-18(3)9-11-20/h8-11,14-15,26H,5-7,12-13,16-17H2,1-4H3,(H,27,29). The fourth-order valence-electron chi connectivity index (χ4n) is 3.15. The normalized spacial score (nSPS) is 10.9. The summed E-state index contributed by atoms with van der Waals surface area (Å²) in [5.41, 5.74) is 2.97. The van der Waals surface area contributed by atoms with Gasteiger partial charge in [-0.3, -0.25) is 4.79 Å². The molecule has 0 unspecified atom stereocenters. The molecule has 1 amide bonds. The van der Waals surface area contributed by atoms with Crippen LogP contribution in [0.4, 0.5) is 5.69 Å². The van der Waals surface area contributed by atoms with Gasteiger partial charge >= 0.3 is 0 Å². The number of anilines is 1. The first-order valence-electron chi connectivity index (χ1n) is 10.8. The Morgan fingerprint density at radius 1 is 1.10 bits per heavy atom. The van der Waals surface area contributed by atoms with Crippen LogP contribution in [0.15, 0.2) is 40.9 Å². The fraction of sp³-hybridized carbons (Fsp3) is 0.458. The van der Waals surface area contributed by atoms with Crippen LogP contribution in [0.2, 0.25) is 0 Å². The first-order valence-corrected chi connectivity index (χ1v) is 11.5. The zero-order chi connectivity index (χ0) is 22.6. The van der Waals surface area contributed by atoms with Gasteiger partial charge in [-0.05, 0) is 69.4 Å². The number of aryl methyl sites for hydroxylation is 1. The van der Waals surface area contributed by atoms with E-state index in [1.807, 2.05) is 43.3 Å². The third-order valence-corrected chi connectivity index (χ3v) is 5.80. The van der Waals surface area contributed by atoms with Crippen molar-refractivity contribution in [3.8, 4) is 11.5 Å². The summed E-state index contributed by atoms with van der Waals surface area (Å²) in [6.45, 7) is 11.2. The van der Waals surface area contributed by atoms with E-state index >= 15 is 0 Å². The van der Waals surface area contributed by atoms with Gasteiger partial charge in [0.1, 0.15) is 0 Å². The van der Waals surface area contributed by atoms with Crippen LogP contribution in [-0.4, -0.2) is 50.7 Å². The Hall–Kier alpha value is -2.09. The van der Waals surface area contributed by atoms with E-state index in [0.29, 0.717) is 11.5 Å². The average molecular weight is 492 g/mol. The molecular weight excluding hydrogens is 458 g/mol. The van der Waals surface area contributed by atoms with Gasteiger partial charge in [0.2, 0.25) is 0 Å². The quantitative estimate of drug-likeness (QED) is 0.400. The SMILES string of the molecule is CCN(CC)CCCNCc1cc(OC)c(OCC(=O)Nc2ccc(C)cc2)cc1Br. The molecule has 2 aromatic rings. The zero-order valence-electron chi connectivity index (χ0n) is 19.0. The van der Waals surface area contributed by atoms with E-state index in [2.05, 4.69) is 45.3 Å². The van der Waals surface area contributed by atoms with Gasteiger partial charge in [-0.15, -0.1) is 0 Å². The Balaban J connectivity index is 1.86. The number of methoxy groups -OCH3 is 1. The maximum Gasteiger partial charge on any atom is 0.262 e. The highest BCUT2D eigenvalue weighted by molar-refractivity contribution is 9.10. The summed E-state index contributed by atoms with van der Waals surface area (Å²) in [5.74, 6) is 0.908. The molecule has 6 nitrogen and oxygen atoms in total. The lowest BCUT2D eigenvalue weighted by molar-refractivity contribution is -0.118. The van der Waals surface area contributed by atoms with Gasteiger partial charge in [-0.25, -0.2) is 0 Å². The van der Waals surface area contributed by atoms with Crippen molar-refractivity contribution >= 4 is 27.5 Å². The number of nitrogens with zero attached hydrogens (tertiary/aromatic N) is 1. The molecule has 0 aliphatic rings. The minimum atomic E-state index is -0.221. The lowest BCUT2D eigenvalue weighted by atomic mass is 10.2.